The van der Waals surface area contributed by atoms with E-state index in [1.807, 2.05) is 24.5 Å². The summed E-state index contributed by atoms with van der Waals surface area (Å²) < 4.78 is 0.822. The number of pyridine rings is 1. The van der Waals surface area contributed by atoms with Crippen molar-refractivity contribution in [3.8, 4) is 0 Å². The topological polar surface area (TPSA) is 45.2 Å². The lowest BCUT2D eigenvalue weighted by Crippen LogP contribution is -2.38. The lowest BCUT2D eigenvalue weighted by molar-refractivity contribution is 0.294. The largest absolute Gasteiger partial charge is 0.396 e. The van der Waals surface area contributed by atoms with Gasteiger partial charge in [-0.25, -0.2) is 0 Å². The quantitative estimate of drug-likeness (QED) is 0.889. The van der Waals surface area contributed by atoms with Crippen molar-refractivity contribution in [2.45, 2.75) is 44.2 Å². The molecule has 1 saturated heterocycles. The van der Waals surface area contributed by atoms with Crippen molar-refractivity contribution in [2.24, 2.45) is 0 Å². The number of halogens is 1. The molecule has 1 aliphatic heterocycles. The zero-order chi connectivity index (χ0) is 15.5. The van der Waals surface area contributed by atoms with Gasteiger partial charge in [-0.2, -0.15) is 0 Å². The smallest absolute Gasteiger partial charge is 0.0934 e. The van der Waals surface area contributed by atoms with Gasteiger partial charge in [0, 0.05) is 36.0 Å². The van der Waals surface area contributed by atoms with Crippen molar-refractivity contribution < 1.29 is 5.11 Å². The average molecular weight is 337 g/mol. The van der Waals surface area contributed by atoms with Gasteiger partial charge in [0.1, 0.15) is 0 Å². The summed E-state index contributed by atoms with van der Waals surface area (Å²) in [4.78, 5) is 5.59. The molecule has 5 heteroatoms. The van der Waals surface area contributed by atoms with Gasteiger partial charge >= 0.3 is 0 Å². The van der Waals surface area contributed by atoms with Gasteiger partial charge in [-0.3, -0.25) is 4.98 Å². The van der Waals surface area contributed by atoms with E-state index >= 15 is 0 Å². The van der Waals surface area contributed by atoms with Gasteiger partial charge in [-0.15, -0.1) is 11.3 Å². The van der Waals surface area contributed by atoms with Gasteiger partial charge in [0.25, 0.3) is 0 Å². The summed E-state index contributed by atoms with van der Waals surface area (Å²) in [6.45, 7) is 2.41. The number of hydrogen-bond acceptors (Lipinski definition) is 4. The molecule has 2 aromatic rings. The lowest BCUT2D eigenvalue weighted by Gasteiger charge is -2.35. The number of nitrogens with zero attached hydrogens (tertiary/aromatic N) is 1. The molecule has 3 heterocycles. The summed E-state index contributed by atoms with van der Waals surface area (Å²) >= 11 is 7.89. The predicted octanol–water partition coefficient (Wildman–Crippen LogP) is 3.93. The van der Waals surface area contributed by atoms with Crippen LogP contribution in [0.4, 0.5) is 0 Å². The molecule has 0 radical (unpaired) electrons. The molecule has 3 atom stereocenters. The summed E-state index contributed by atoms with van der Waals surface area (Å²) in [6, 6.07) is 6.92. The zero-order valence-electron chi connectivity index (χ0n) is 12.6. The van der Waals surface area contributed by atoms with E-state index in [9.17, 15) is 5.11 Å². The van der Waals surface area contributed by atoms with Gasteiger partial charge < -0.3 is 10.4 Å². The third-order valence-electron chi connectivity index (χ3n) is 4.29. The fraction of sp³-hybridized carbons (Fsp3) is 0.471. The van der Waals surface area contributed by atoms with Crippen LogP contribution in [-0.2, 0) is 6.42 Å². The predicted molar refractivity (Wildman–Crippen MR) is 91.7 cm³/mol. The van der Waals surface area contributed by atoms with Crippen molar-refractivity contribution >= 4 is 22.9 Å². The molecule has 3 rings (SSSR count). The summed E-state index contributed by atoms with van der Waals surface area (Å²) in [7, 11) is 0. The molecule has 0 aliphatic carbocycles. The Morgan fingerprint density at radius 3 is 3.05 bits per heavy atom. The molecule has 22 heavy (non-hydrogen) atoms. The Bertz CT molecular complexity index is 616. The Labute approximate surface area is 140 Å². The Morgan fingerprint density at radius 2 is 2.32 bits per heavy atom. The van der Waals surface area contributed by atoms with E-state index in [0.29, 0.717) is 24.4 Å². The third kappa shape index (κ3) is 3.51. The van der Waals surface area contributed by atoms with E-state index in [1.54, 1.807) is 11.3 Å². The molecule has 0 saturated carbocycles. The second-order valence-corrected chi connectivity index (χ2v) is 7.70. The maximum atomic E-state index is 9.27. The first-order valence-corrected chi connectivity index (χ1v) is 8.91. The molecule has 3 nitrogen and oxygen atoms in total. The van der Waals surface area contributed by atoms with E-state index in [1.165, 1.54) is 16.0 Å². The molecule has 2 aromatic heterocycles. The summed E-state index contributed by atoms with van der Waals surface area (Å²) in [5.74, 6) is 0.487. The minimum absolute atomic E-state index is 0.173. The highest BCUT2D eigenvalue weighted by atomic mass is 35.5. The molecule has 1 fully saturated rings. The van der Waals surface area contributed by atoms with Crippen molar-refractivity contribution in [1.82, 2.24) is 10.3 Å². The van der Waals surface area contributed by atoms with E-state index in [-0.39, 0.29) is 6.61 Å². The zero-order valence-corrected chi connectivity index (χ0v) is 14.2. The van der Waals surface area contributed by atoms with Crippen molar-refractivity contribution in [2.75, 3.05) is 6.61 Å². The third-order valence-corrected chi connectivity index (χ3v) is 5.76. The Hall–Kier alpha value is -0.940. The van der Waals surface area contributed by atoms with Gasteiger partial charge in [0.15, 0.2) is 0 Å². The van der Waals surface area contributed by atoms with Crippen LogP contribution in [0.2, 0.25) is 4.34 Å². The molecule has 0 spiro atoms. The minimum atomic E-state index is 0.173. The molecule has 118 valence electrons. The molecule has 0 aromatic carbocycles. The number of aliphatic hydroxyl groups excluding tert-OH is 1. The van der Waals surface area contributed by atoms with Gasteiger partial charge in [-0.05, 0) is 55.4 Å². The summed E-state index contributed by atoms with van der Waals surface area (Å²) in [5, 5.41) is 12.9. The lowest BCUT2D eigenvalue weighted by atomic mass is 9.83. The van der Waals surface area contributed by atoms with Crippen molar-refractivity contribution in [3.05, 3.63) is 50.9 Å². The molecular weight excluding hydrogens is 316 g/mol. The molecule has 3 unspecified atom stereocenters. The van der Waals surface area contributed by atoms with Crippen LogP contribution in [0.3, 0.4) is 0 Å². The second kappa shape index (κ2) is 7.09. The number of nitrogens with one attached hydrogen (secondary N) is 1. The molecule has 2 N–H and O–H groups in total. The average Bonchev–Trinajstić information content (AvgIpc) is 2.89. The Kier molecular flexibility index (Phi) is 5.14. The normalized spacial score (nSPS) is 25.3. The van der Waals surface area contributed by atoms with Crippen LogP contribution in [0.15, 0.2) is 30.6 Å². The van der Waals surface area contributed by atoms with Gasteiger partial charge in [0.2, 0.25) is 0 Å². The molecular formula is C17H21ClN2OS. The SMILES string of the molecule is CC1CC(c2sc(Cl)cc2CCO)CC(c2cccnc2)N1. The van der Waals surface area contributed by atoms with Gasteiger partial charge in [-0.1, -0.05) is 17.7 Å². The van der Waals surface area contributed by atoms with Gasteiger partial charge in [0.05, 0.1) is 4.34 Å². The van der Waals surface area contributed by atoms with E-state index in [2.05, 4.69) is 23.3 Å². The first-order valence-electron chi connectivity index (χ1n) is 7.72. The van der Waals surface area contributed by atoms with Crippen LogP contribution in [0.5, 0.6) is 0 Å². The first kappa shape index (κ1) is 15.9. The van der Waals surface area contributed by atoms with Crippen LogP contribution >= 0.6 is 22.9 Å². The highest BCUT2D eigenvalue weighted by Gasteiger charge is 2.30. The molecule has 0 bridgehead atoms. The maximum Gasteiger partial charge on any atom is 0.0934 e. The minimum Gasteiger partial charge on any atom is -0.396 e. The molecule has 0 amide bonds. The van der Waals surface area contributed by atoms with Crippen LogP contribution in [-0.4, -0.2) is 22.7 Å². The fourth-order valence-electron chi connectivity index (χ4n) is 3.39. The van der Waals surface area contributed by atoms with E-state index in [4.69, 9.17) is 11.6 Å². The highest BCUT2D eigenvalue weighted by Crippen LogP contribution is 2.42. The molecule has 1 aliphatic rings. The number of thiophene rings is 1. The second-order valence-electron chi connectivity index (χ2n) is 5.99. The fourth-order valence-corrected chi connectivity index (χ4v) is 4.83. The number of aromatic nitrogens is 1. The first-order chi connectivity index (χ1) is 10.7. The van der Waals surface area contributed by atoms with Crippen LogP contribution in [0, 0.1) is 0 Å². The van der Waals surface area contributed by atoms with Crippen LogP contribution < -0.4 is 5.32 Å². The van der Waals surface area contributed by atoms with E-state index in [0.717, 1.165) is 17.2 Å². The number of aliphatic hydroxyl groups is 1. The number of hydrogen-bond donors (Lipinski definition) is 2. The highest BCUT2D eigenvalue weighted by molar-refractivity contribution is 7.16. The maximum absolute atomic E-state index is 9.27. The Balaban J connectivity index is 1.85. The van der Waals surface area contributed by atoms with E-state index < -0.39 is 0 Å². The number of rotatable bonds is 4. The van der Waals surface area contributed by atoms with Crippen LogP contribution in [0.1, 0.15) is 47.7 Å². The van der Waals surface area contributed by atoms with Crippen molar-refractivity contribution in [3.63, 3.8) is 0 Å². The summed E-state index contributed by atoms with van der Waals surface area (Å²) in [6.07, 6.45) is 6.60. The Morgan fingerprint density at radius 1 is 1.45 bits per heavy atom. The van der Waals surface area contributed by atoms with Crippen molar-refractivity contribution in [1.29, 1.82) is 0 Å². The monoisotopic (exact) mass is 336 g/mol. The summed E-state index contributed by atoms with van der Waals surface area (Å²) in [5.41, 5.74) is 2.45. The standard InChI is InChI=1S/C17H21ClN2OS/c1-11-7-14(17-12(4-6-21)9-16(18)22-17)8-15(20-11)13-3-2-5-19-10-13/h2-3,5,9-11,14-15,20-21H,4,6-8H2,1H3. The number of piperidine rings is 1. The van der Waals surface area contributed by atoms with Crippen LogP contribution in [0.25, 0.3) is 0 Å².